The second kappa shape index (κ2) is 15.5. The molecule has 0 amide bonds. The number of hydrogen-bond acceptors (Lipinski definition) is 9. The van der Waals surface area contributed by atoms with Crippen LogP contribution in [0.15, 0.2) is 59.5 Å². The minimum Gasteiger partial charge on any atom is -0.493 e. The highest BCUT2D eigenvalue weighted by Gasteiger charge is 2.23. The van der Waals surface area contributed by atoms with Crippen LogP contribution in [0.2, 0.25) is 5.02 Å². The predicted octanol–water partition coefficient (Wildman–Crippen LogP) is 4.11. The number of hydrogen-bond donors (Lipinski definition) is 0. The van der Waals surface area contributed by atoms with Gasteiger partial charge in [-0.1, -0.05) is 35.9 Å². The van der Waals surface area contributed by atoms with E-state index in [-0.39, 0.29) is 16.7 Å². The highest BCUT2D eigenvalue weighted by molar-refractivity contribution is 6.33. The molecule has 2 fully saturated rings. The van der Waals surface area contributed by atoms with E-state index < -0.39 is 0 Å². The molecule has 2 aromatic carbocycles. The number of halogens is 1. The molecule has 0 radical (unpaired) electrons. The zero-order valence-corrected chi connectivity index (χ0v) is 26.9. The summed E-state index contributed by atoms with van der Waals surface area (Å²) in [5, 5.41) is 4.75. The number of ether oxygens (including phenoxy) is 3. The van der Waals surface area contributed by atoms with Gasteiger partial charge in [-0.2, -0.15) is 5.10 Å². The van der Waals surface area contributed by atoms with E-state index in [9.17, 15) is 4.79 Å². The van der Waals surface area contributed by atoms with Crippen LogP contribution in [0.25, 0.3) is 0 Å². The number of aromatic nitrogens is 2. The fourth-order valence-electron chi connectivity index (χ4n) is 5.80. The van der Waals surface area contributed by atoms with Gasteiger partial charge in [-0.05, 0) is 44.5 Å². The highest BCUT2D eigenvalue weighted by Crippen LogP contribution is 2.30. The lowest BCUT2D eigenvalue weighted by atomic mass is 10.2. The van der Waals surface area contributed by atoms with Crippen molar-refractivity contribution in [1.82, 2.24) is 19.6 Å². The normalized spacial score (nSPS) is 16.4. The Morgan fingerprint density at radius 2 is 1.36 bits per heavy atom. The first-order chi connectivity index (χ1) is 21.4. The molecular formula is C33H45ClN6O4. The average molecular weight is 625 g/mol. The maximum Gasteiger partial charge on any atom is 0.287 e. The van der Waals surface area contributed by atoms with Crippen LogP contribution in [0, 0.1) is 0 Å². The second-order valence-corrected chi connectivity index (χ2v) is 11.9. The SMILES string of the molecule is COc1ccccc1OCCN1CCN(c2cnn(CCCN3CCN(c4ccccc4OC(C)C)CC3)c(=O)c2Cl)CC1. The van der Waals surface area contributed by atoms with Gasteiger partial charge < -0.3 is 24.0 Å². The Labute approximate surface area is 265 Å². The molecule has 0 spiro atoms. The Kier molecular flexibility index (Phi) is 11.3. The molecule has 0 unspecified atom stereocenters. The number of piperazine rings is 2. The fraction of sp³-hybridized carbons (Fsp3) is 0.515. The van der Waals surface area contributed by atoms with E-state index in [1.165, 1.54) is 4.68 Å². The van der Waals surface area contributed by atoms with E-state index in [1.807, 2.05) is 36.4 Å². The van der Waals surface area contributed by atoms with Crippen LogP contribution in [0.4, 0.5) is 11.4 Å². The van der Waals surface area contributed by atoms with Crippen LogP contribution in [0.3, 0.4) is 0 Å². The van der Waals surface area contributed by atoms with Crippen LogP contribution < -0.4 is 29.6 Å². The lowest BCUT2D eigenvalue weighted by molar-refractivity contribution is 0.197. The van der Waals surface area contributed by atoms with Gasteiger partial charge in [0.05, 0.1) is 30.8 Å². The monoisotopic (exact) mass is 624 g/mol. The summed E-state index contributed by atoms with van der Waals surface area (Å²) in [6, 6.07) is 16.0. The molecule has 5 rings (SSSR count). The first-order valence-corrected chi connectivity index (χ1v) is 16.0. The predicted molar refractivity (Wildman–Crippen MR) is 176 cm³/mol. The number of para-hydroxylation sites is 4. The third kappa shape index (κ3) is 8.16. The number of anilines is 2. The Hall–Kier alpha value is -3.47. The summed E-state index contributed by atoms with van der Waals surface area (Å²) in [6.07, 6.45) is 2.73. The molecule has 3 aromatic rings. The molecule has 0 saturated carbocycles. The molecule has 0 atom stereocenters. The summed E-state index contributed by atoms with van der Waals surface area (Å²) >= 11 is 6.61. The Morgan fingerprint density at radius 1 is 0.773 bits per heavy atom. The van der Waals surface area contributed by atoms with Crippen molar-refractivity contribution in [3.8, 4) is 17.2 Å². The molecule has 1 aromatic heterocycles. The molecule has 2 aliphatic heterocycles. The number of aryl methyl sites for hydroxylation is 1. The zero-order valence-electron chi connectivity index (χ0n) is 26.2. The molecule has 2 aliphatic rings. The third-order valence-electron chi connectivity index (χ3n) is 8.20. The van der Waals surface area contributed by atoms with E-state index in [1.54, 1.807) is 13.3 Å². The van der Waals surface area contributed by atoms with Crippen molar-refractivity contribution in [2.45, 2.75) is 32.9 Å². The van der Waals surface area contributed by atoms with Gasteiger partial charge in [0.25, 0.3) is 5.56 Å². The molecule has 11 heteroatoms. The number of methoxy groups -OCH3 is 1. The molecule has 238 valence electrons. The van der Waals surface area contributed by atoms with Crippen LogP contribution >= 0.6 is 11.6 Å². The maximum atomic E-state index is 13.1. The Balaban J connectivity index is 1.04. The summed E-state index contributed by atoms with van der Waals surface area (Å²) in [4.78, 5) is 22.4. The lowest BCUT2D eigenvalue weighted by Crippen LogP contribution is -2.48. The summed E-state index contributed by atoms with van der Waals surface area (Å²) in [6.45, 7) is 14.1. The van der Waals surface area contributed by atoms with Gasteiger partial charge in [0.1, 0.15) is 17.4 Å². The molecule has 3 heterocycles. The molecule has 10 nitrogen and oxygen atoms in total. The van der Waals surface area contributed by atoms with Crippen LogP contribution in [-0.2, 0) is 6.54 Å². The molecular weight excluding hydrogens is 580 g/mol. The molecule has 0 N–H and O–H groups in total. The summed E-state index contributed by atoms with van der Waals surface area (Å²) < 4.78 is 18.8. The van der Waals surface area contributed by atoms with Crippen LogP contribution in [-0.4, -0.2) is 105 Å². The number of rotatable bonds is 13. The minimum atomic E-state index is -0.219. The topological polar surface area (TPSA) is 75.5 Å². The smallest absolute Gasteiger partial charge is 0.287 e. The highest BCUT2D eigenvalue weighted by atomic mass is 35.5. The van der Waals surface area contributed by atoms with E-state index >= 15 is 0 Å². The van der Waals surface area contributed by atoms with Gasteiger partial charge in [-0.3, -0.25) is 14.6 Å². The van der Waals surface area contributed by atoms with E-state index in [0.717, 1.165) is 100 Å². The maximum absolute atomic E-state index is 13.1. The van der Waals surface area contributed by atoms with Crippen molar-refractivity contribution < 1.29 is 14.2 Å². The standard InChI is InChI=1S/C33H45ClN6O4/c1-26(2)44-29-10-5-4-9-27(29)38-19-15-36(16-20-38)13-8-14-40-33(41)32(34)28(25-35-40)39-21-17-37(18-22-39)23-24-43-31-12-7-6-11-30(31)42-3/h4-7,9-12,25-26H,8,13-24H2,1-3H3. The third-order valence-corrected chi connectivity index (χ3v) is 8.55. The van der Waals surface area contributed by atoms with E-state index in [4.69, 9.17) is 25.8 Å². The van der Waals surface area contributed by atoms with Crippen molar-refractivity contribution in [3.63, 3.8) is 0 Å². The largest absolute Gasteiger partial charge is 0.493 e. The Morgan fingerprint density at radius 3 is 2.02 bits per heavy atom. The first kappa shape index (κ1) is 31.9. The molecule has 2 saturated heterocycles. The Bertz CT molecular complexity index is 1400. The van der Waals surface area contributed by atoms with Crippen molar-refractivity contribution >= 4 is 23.0 Å². The second-order valence-electron chi connectivity index (χ2n) is 11.5. The summed E-state index contributed by atoms with van der Waals surface area (Å²) in [7, 11) is 1.65. The van der Waals surface area contributed by atoms with Crippen molar-refractivity contribution in [2.24, 2.45) is 0 Å². The van der Waals surface area contributed by atoms with Crippen molar-refractivity contribution in [1.29, 1.82) is 0 Å². The van der Waals surface area contributed by atoms with Gasteiger partial charge in [-0.25, -0.2) is 4.68 Å². The van der Waals surface area contributed by atoms with Crippen molar-refractivity contribution in [2.75, 3.05) is 89.0 Å². The molecule has 44 heavy (non-hydrogen) atoms. The summed E-state index contributed by atoms with van der Waals surface area (Å²) in [5.74, 6) is 2.43. The van der Waals surface area contributed by atoms with Crippen molar-refractivity contribution in [3.05, 3.63) is 70.1 Å². The van der Waals surface area contributed by atoms with Gasteiger partial charge in [0.2, 0.25) is 0 Å². The summed E-state index contributed by atoms with van der Waals surface area (Å²) in [5.41, 5.74) is 1.66. The number of nitrogens with zero attached hydrogens (tertiary/aromatic N) is 6. The van der Waals surface area contributed by atoms with E-state index in [0.29, 0.717) is 13.2 Å². The number of benzene rings is 2. The molecule has 0 aliphatic carbocycles. The first-order valence-electron chi connectivity index (χ1n) is 15.6. The van der Waals surface area contributed by atoms with Crippen LogP contribution in [0.1, 0.15) is 20.3 Å². The average Bonchev–Trinajstić information content (AvgIpc) is 3.04. The van der Waals surface area contributed by atoms with Gasteiger partial charge >= 0.3 is 0 Å². The van der Waals surface area contributed by atoms with Crippen LogP contribution in [0.5, 0.6) is 17.2 Å². The zero-order chi connectivity index (χ0) is 30.9. The lowest BCUT2D eigenvalue weighted by Gasteiger charge is -2.37. The van der Waals surface area contributed by atoms with E-state index in [2.05, 4.69) is 50.7 Å². The van der Waals surface area contributed by atoms with Gasteiger partial charge in [0.15, 0.2) is 11.5 Å². The quantitative estimate of drug-likeness (QED) is 0.279. The minimum absolute atomic E-state index is 0.143. The fourth-order valence-corrected chi connectivity index (χ4v) is 6.07. The van der Waals surface area contributed by atoms with Gasteiger partial charge in [-0.15, -0.1) is 0 Å². The van der Waals surface area contributed by atoms with Gasteiger partial charge in [0, 0.05) is 72.0 Å². The molecule has 0 bridgehead atoms.